The minimum atomic E-state index is -1.50. The van der Waals surface area contributed by atoms with Gasteiger partial charge in [-0.3, -0.25) is 19.2 Å². The Bertz CT molecular complexity index is 603. The van der Waals surface area contributed by atoms with E-state index in [0.717, 1.165) is 0 Å². The maximum absolute atomic E-state index is 12.2. The molecule has 0 rings (SSSR count). The minimum absolute atomic E-state index is 0.372. The number of nitrogens with one attached hydrogen (secondary N) is 3. The second-order valence-electron chi connectivity index (χ2n) is 6.19. The van der Waals surface area contributed by atoms with E-state index >= 15 is 0 Å². The Kier molecular flexibility index (Phi) is 12.6. The molecule has 0 fully saturated rings. The van der Waals surface area contributed by atoms with Gasteiger partial charge in [-0.05, 0) is 31.8 Å². The van der Waals surface area contributed by atoms with Crippen molar-refractivity contribution in [3.63, 3.8) is 0 Å². The van der Waals surface area contributed by atoms with Crippen LogP contribution >= 0.6 is 11.8 Å². The first-order valence-electron chi connectivity index (χ1n) is 8.74. The van der Waals surface area contributed by atoms with Gasteiger partial charge in [0.2, 0.25) is 17.7 Å². The Hall–Kier alpha value is -2.38. The number of carboxylic acid groups (broad SMARTS) is 2. The largest absolute Gasteiger partial charge is 0.481 e. The molecule has 0 aliphatic heterocycles. The fraction of sp³-hybridized carbons (Fsp3) is 0.688. The van der Waals surface area contributed by atoms with E-state index in [2.05, 4.69) is 16.0 Å². The van der Waals surface area contributed by atoms with Gasteiger partial charge in [0.25, 0.3) is 0 Å². The molecule has 3 amide bonds. The van der Waals surface area contributed by atoms with Gasteiger partial charge >= 0.3 is 11.9 Å². The van der Waals surface area contributed by atoms with E-state index in [0.29, 0.717) is 12.2 Å². The number of hydrogen-bond acceptors (Lipinski definition) is 8. The fourth-order valence-electron chi connectivity index (χ4n) is 2.05. The van der Waals surface area contributed by atoms with Crippen LogP contribution in [0.15, 0.2) is 0 Å². The lowest BCUT2D eigenvalue weighted by Crippen LogP contribution is -2.57. The maximum Gasteiger partial charge on any atom is 0.326 e. The van der Waals surface area contributed by atoms with Crippen molar-refractivity contribution in [1.29, 1.82) is 0 Å². The van der Waals surface area contributed by atoms with Crippen LogP contribution in [-0.4, -0.2) is 87.8 Å². The molecule has 0 saturated heterocycles. The predicted molar refractivity (Wildman–Crippen MR) is 104 cm³/mol. The number of carbonyl (C=O) groups excluding carboxylic acids is 3. The highest BCUT2D eigenvalue weighted by Crippen LogP contribution is 2.01. The zero-order valence-electron chi connectivity index (χ0n) is 16.2. The zero-order valence-corrected chi connectivity index (χ0v) is 17.0. The number of carbonyl (C=O) groups is 5. The van der Waals surface area contributed by atoms with Crippen molar-refractivity contribution in [3.8, 4) is 0 Å². The number of amides is 3. The third kappa shape index (κ3) is 10.7. The highest BCUT2D eigenvalue weighted by Gasteiger charge is 2.28. The van der Waals surface area contributed by atoms with Gasteiger partial charge in [-0.1, -0.05) is 0 Å². The summed E-state index contributed by atoms with van der Waals surface area (Å²) in [4.78, 5) is 57.9. The fourth-order valence-corrected chi connectivity index (χ4v) is 2.54. The summed E-state index contributed by atoms with van der Waals surface area (Å²) in [6, 6.07) is -4.86. The summed E-state index contributed by atoms with van der Waals surface area (Å²) in [5, 5.41) is 33.7. The first-order chi connectivity index (χ1) is 13.5. The van der Waals surface area contributed by atoms with Crippen LogP contribution < -0.4 is 21.7 Å². The van der Waals surface area contributed by atoms with Crippen LogP contribution in [0.25, 0.3) is 0 Å². The molecule has 0 bridgehead atoms. The van der Waals surface area contributed by atoms with E-state index in [1.54, 1.807) is 0 Å². The van der Waals surface area contributed by atoms with Crippen molar-refractivity contribution in [2.75, 3.05) is 18.6 Å². The van der Waals surface area contributed by atoms with Crippen LogP contribution in [-0.2, 0) is 24.0 Å². The second-order valence-corrected chi connectivity index (χ2v) is 7.18. The van der Waals surface area contributed by atoms with E-state index in [9.17, 15) is 29.1 Å². The molecular weight excluding hydrogens is 408 g/mol. The number of aliphatic hydroxyl groups is 1. The van der Waals surface area contributed by atoms with Gasteiger partial charge in [0.05, 0.1) is 12.6 Å². The molecule has 4 unspecified atom stereocenters. The molecule has 13 heteroatoms. The predicted octanol–water partition coefficient (Wildman–Crippen LogP) is -2.52. The van der Waals surface area contributed by atoms with Crippen LogP contribution in [0.3, 0.4) is 0 Å². The molecule has 0 aromatic carbocycles. The molecule has 4 atom stereocenters. The third-order valence-corrected chi connectivity index (χ3v) is 4.44. The lowest BCUT2D eigenvalue weighted by Gasteiger charge is -2.22. The number of aliphatic carboxylic acids is 2. The third-order valence-electron chi connectivity index (χ3n) is 3.80. The molecule has 166 valence electrons. The van der Waals surface area contributed by atoms with E-state index in [1.165, 1.54) is 18.7 Å². The molecule has 0 radical (unpaired) electrons. The van der Waals surface area contributed by atoms with Crippen molar-refractivity contribution in [3.05, 3.63) is 0 Å². The standard InChI is InChI=1S/C16H28N4O8S/c1-8(18-14(25)9(17)5-6-29-2)13(24)20-11(7-21)15(26)19-10(16(27)28)3-4-12(22)23/h8-11,21H,3-7,17H2,1-2H3,(H,18,25)(H,19,26)(H,20,24)(H,22,23)(H,27,28). The molecule has 0 saturated carbocycles. The maximum atomic E-state index is 12.2. The van der Waals surface area contributed by atoms with Crippen LogP contribution in [0.5, 0.6) is 0 Å². The average molecular weight is 436 g/mol. The lowest BCUT2D eigenvalue weighted by atomic mass is 10.1. The summed E-state index contributed by atoms with van der Waals surface area (Å²) in [5.74, 6) is -4.38. The van der Waals surface area contributed by atoms with E-state index in [-0.39, 0.29) is 6.42 Å². The van der Waals surface area contributed by atoms with Crippen LogP contribution in [0.1, 0.15) is 26.2 Å². The van der Waals surface area contributed by atoms with Gasteiger partial charge in [-0.25, -0.2) is 4.79 Å². The van der Waals surface area contributed by atoms with Gasteiger partial charge < -0.3 is 37.0 Å². The monoisotopic (exact) mass is 436 g/mol. The van der Waals surface area contributed by atoms with Crippen LogP contribution in [0.4, 0.5) is 0 Å². The number of rotatable bonds is 14. The summed E-state index contributed by atoms with van der Waals surface area (Å²) in [6.45, 7) is 0.518. The van der Waals surface area contributed by atoms with Crippen LogP contribution in [0, 0.1) is 0 Å². The minimum Gasteiger partial charge on any atom is -0.481 e. The van der Waals surface area contributed by atoms with Crippen molar-refractivity contribution >= 4 is 41.4 Å². The van der Waals surface area contributed by atoms with Gasteiger partial charge in [0.1, 0.15) is 18.1 Å². The molecule has 0 aliphatic rings. The normalized spacial score (nSPS) is 14.8. The highest BCUT2D eigenvalue weighted by atomic mass is 32.2. The van der Waals surface area contributed by atoms with Gasteiger partial charge in [0, 0.05) is 6.42 Å². The molecule has 29 heavy (non-hydrogen) atoms. The zero-order chi connectivity index (χ0) is 22.6. The second kappa shape index (κ2) is 13.7. The highest BCUT2D eigenvalue weighted by molar-refractivity contribution is 7.98. The Morgan fingerprint density at radius 1 is 0.931 bits per heavy atom. The Morgan fingerprint density at radius 2 is 1.52 bits per heavy atom. The first-order valence-corrected chi connectivity index (χ1v) is 10.1. The topological polar surface area (TPSA) is 208 Å². The van der Waals surface area contributed by atoms with Gasteiger partial charge in [-0.15, -0.1) is 0 Å². The van der Waals surface area contributed by atoms with Gasteiger partial charge in [-0.2, -0.15) is 11.8 Å². The number of nitrogens with two attached hydrogens (primary N) is 1. The summed E-state index contributed by atoms with van der Waals surface area (Å²) in [7, 11) is 0. The van der Waals surface area contributed by atoms with Crippen molar-refractivity contribution in [1.82, 2.24) is 16.0 Å². The summed E-state index contributed by atoms with van der Waals surface area (Å²) in [6.07, 6.45) is 1.41. The number of aliphatic hydroxyl groups excluding tert-OH is 1. The van der Waals surface area contributed by atoms with Gasteiger partial charge in [0.15, 0.2) is 0 Å². The van der Waals surface area contributed by atoms with Crippen LogP contribution in [0.2, 0.25) is 0 Å². The van der Waals surface area contributed by atoms with Crippen molar-refractivity contribution in [2.45, 2.75) is 50.4 Å². The molecule has 0 spiro atoms. The number of carboxylic acids is 2. The first kappa shape index (κ1) is 26.6. The molecule has 0 aromatic heterocycles. The quantitative estimate of drug-likeness (QED) is 0.152. The summed E-state index contributed by atoms with van der Waals surface area (Å²) < 4.78 is 0. The van der Waals surface area contributed by atoms with Crippen molar-refractivity contribution in [2.24, 2.45) is 5.73 Å². The summed E-state index contributed by atoms with van der Waals surface area (Å²) in [5.41, 5.74) is 5.70. The molecule has 0 heterocycles. The Morgan fingerprint density at radius 3 is 2.00 bits per heavy atom. The average Bonchev–Trinajstić information content (AvgIpc) is 2.66. The Balaban J connectivity index is 4.78. The summed E-state index contributed by atoms with van der Waals surface area (Å²) >= 11 is 1.51. The van der Waals surface area contributed by atoms with E-state index in [4.69, 9.17) is 15.9 Å². The number of hydrogen-bond donors (Lipinski definition) is 7. The molecule has 0 aromatic rings. The van der Waals surface area contributed by atoms with Crippen molar-refractivity contribution < 1.29 is 39.3 Å². The van der Waals surface area contributed by atoms with E-state index in [1.807, 2.05) is 6.26 Å². The SMILES string of the molecule is CSCCC(N)C(=O)NC(C)C(=O)NC(CO)C(=O)NC(CCC(=O)O)C(=O)O. The smallest absolute Gasteiger partial charge is 0.326 e. The van der Waals surface area contributed by atoms with E-state index < -0.39 is 66.9 Å². The molecule has 12 nitrogen and oxygen atoms in total. The Labute approximate surface area is 172 Å². The molecule has 0 aliphatic carbocycles. The lowest BCUT2D eigenvalue weighted by molar-refractivity contribution is -0.143. The molecule has 8 N–H and O–H groups in total. The number of thioether (sulfide) groups is 1. The molecular formula is C16H28N4O8S.